The Kier molecular flexibility index (Phi) is 12.5. The van der Waals surface area contributed by atoms with Crippen molar-refractivity contribution in [1.82, 2.24) is 16.0 Å². The molecule has 0 aromatic heterocycles. The van der Waals surface area contributed by atoms with Crippen molar-refractivity contribution in [3.8, 4) is 0 Å². The Morgan fingerprint density at radius 1 is 0.897 bits per heavy atom. The van der Waals surface area contributed by atoms with E-state index in [1.165, 1.54) is 6.08 Å². The zero-order valence-electron chi connectivity index (χ0n) is 22.5. The highest BCUT2D eigenvalue weighted by atomic mass is 16.6. The number of carbonyl (C=O) groups is 4. The van der Waals surface area contributed by atoms with Crippen molar-refractivity contribution in [2.24, 2.45) is 0 Å². The number of amides is 3. The van der Waals surface area contributed by atoms with E-state index in [0.717, 1.165) is 17.2 Å². The molecule has 0 fully saturated rings. The fourth-order valence-electron chi connectivity index (χ4n) is 3.51. The summed E-state index contributed by atoms with van der Waals surface area (Å²) in [7, 11) is 0. The van der Waals surface area contributed by atoms with Crippen LogP contribution in [0.4, 0.5) is 9.59 Å². The fourth-order valence-corrected chi connectivity index (χ4v) is 3.51. The predicted octanol–water partition coefficient (Wildman–Crippen LogP) is 3.95. The molecule has 0 spiro atoms. The maximum absolute atomic E-state index is 13.2. The first-order chi connectivity index (χ1) is 18.5. The van der Waals surface area contributed by atoms with Gasteiger partial charge < -0.3 is 30.5 Å². The Morgan fingerprint density at radius 2 is 1.51 bits per heavy atom. The van der Waals surface area contributed by atoms with Crippen LogP contribution < -0.4 is 16.0 Å². The van der Waals surface area contributed by atoms with Gasteiger partial charge in [-0.15, -0.1) is 0 Å². The van der Waals surface area contributed by atoms with Crippen molar-refractivity contribution in [3.63, 3.8) is 0 Å². The second kappa shape index (κ2) is 15.8. The van der Waals surface area contributed by atoms with Crippen LogP contribution >= 0.6 is 0 Å². The van der Waals surface area contributed by atoms with Crippen LogP contribution in [-0.2, 0) is 32.1 Å². The molecule has 2 aromatic carbocycles. The number of nitrogens with one attached hydrogen (secondary N) is 3. The first-order valence-electron chi connectivity index (χ1n) is 12.7. The first kappa shape index (κ1) is 30.9. The van der Waals surface area contributed by atoms with E-state index in [4.69, 9.17) is 14.6 Å². The van der Waals surface area contributed by atoms with Crippen molar-refractivity contribution in [2.45, 2.75) is 64.3 Å². The Hall–Kier alpha value is -4.34. The minimum absolute atomic E-state index is 0.130. The van der Waals surface area contributed by atoms with Gasteiger partial charge in [0.2, 0.25) is 5.91 Å². The van der Waals surface area contributed by atoms with Crippen LogP contribution in [0.1, 0.15) is 44.7 Å². The molecule has 0 aliphatic rings. The van der Waals surface area contributed by atoms with Gasteiger partial charge in [0, 0.05) is 12.6 Å². The molecule has 2 atom stereocenters. The number of rotatable bonds is 13. The van der Waals surface area contributed by atoms with Crippen LogP contribution in [-0.4, -0.2) is 53.4 Å². The molecule has 10 nitrogen and oxygen atoms in total. The van der Waals surface area contributed by atoms with Crippen LogP contribution in [0, 0.1) is 0 Å². The molecule has 0 heterocycles. The second-order valence-electron chi connectivity index (χ2n) is 9.83. The molecule has 3 amide bonds. The van der Waals surface area contributed by atoms with Gasteiger partial charge in [-0.2, -0.15) is 0 Å². The van der Waals surface area contributed by atoms with Crippen LogP contribution in [0.3, 0.4) is 0 Å². The van der Waals surface area contributed by atoms with E-state index in [1.807, 2.05) is 60.7 Å². The molecule has 0 aliphatic carbocycles. The number of ether oxygens (including phenoxy) is 2. The van der Waals surface area contributed by atoms with Gasteiger partial charge in [-0.3, -0.25) is 4.79 Å². The zero-order valence-corrected chi connectivity index (χ0v) is 22.5. The van der Waals surface area contributed by atoms with E-state index in [1.54, 1.807) is 20.8 Å². The van der Waals surface area contributed by atoms with Crippen LogP contribution in [0.25, 0.3) is 0 Å². The summed E-state index contributed by atoms with van der Waals surface area (Å²) in [5.74, 6) is -1.65. The second-order valence-corrected chi connectivity index (χ2v) is 9.83. The number of carboxylic acid groups (broad SMARTS) is 1. The quantitative estimate of drug-likeness (QED) is 0.223. The van der Waals surface area contributed by atoms with Crippen molar-refractivity contribution < 1.29 is 33.8 Å². The standard InChI is InChI=1S/C29H37N3O7/c1-29(2,3)39-28(37)32-24(15-10-18-30-27(36)38-20-22-13-8-5-9-14-22)26(35)31-23(16-17-25(33)34)19-21-11-6-4-7-12-21/h4-9,11-14,16-17,23-24H,10,15,18-20H2,1-3H3,(H,30,36)(H,31,35)(H,32,37)(H,33,34)/b17-16+/t23-,24+/m1/s1. The lowest BCUT2D eigenvalue weighted by Crippen LogP contribution is -2.51. The molecule has 210 valence electrons. The van der Waals surface area contributed by atoms with Crippen LogP contribution in [0.5, 0.6) is 0 Å². The SMILES string of the molecule is CC(C)(C)OC(=O)N[C@@H](CCCNC(=O)OCc1ccccc1)C(=O)N[C@H](/C=C/C(=O)O)Cc1ccccc1. The third-order valence-electron chi connectivity index (χ3n) is 5.26. The normalized spacial score (nSPS) is 12.7. The summed E-state index contributed by atoms with van der Waals surface area (Å²) in [6.07, 6.45) is 1.88. The summed E-state index contributed by atoms with van der Waals surface area (Å²) in [6.45, 7) is 5.46. The molecular weight excluding hydrogens is 502 g/mol. The molecule has 0 saturated carbocycles. The summed E-state index contributed by atoms with van der Waals surface area (Å²) < 4.78 is 10.5. The van der Waals surface area contributed by atoms with Crippen molar-refractivity contribution in [2.75, 3.05) is 6.54 Å². The van der Waals surface area contributed by atoms with E-state index in [-0.39, 0.29) is 19.6 Å². The van der Waals surface area contributed by atoms with Gasteiger partial charge in [0.25, 0.3) is 0 Å². The molecule has 0 unspecified atom stereocenters. The molecule has 39 heavy (non-hydrogen) atoms. The number of hydrogen-bond donors (Lipinski definition) is 4. The Bertz CT molecular complexity index is 1100. The number of carbonyl (C=O) groups excluding carboxylic acids is 3. The highest BCUT2D eigenvalue weighted by molar-refractivity contribution is 5.86. The van der Waals surface area contributed by atoms with E-state index >= 15 is 0 Å². The molecule has 0 bridgehead atoms. The van der Waals surface area contributed by atoms with Crippen LogP contribution in [0.15, 0.2) is 72.8 Å². The van der Waals surface area contributed by atoms with E-state index < -0.39 is 41.7 Å². The van der Waals surface area contributed by atoms with Gasteiger partial charge >= 0.3 is 18.2 Å². The van der Waals surface area contributed by atoms with Crippen molar-refractivity contribution in [3.05, 3.63) is 83.9 Å². The lowest BCUT2D eigenvalue weighted by Gasteiger charge is -2.25. The Morgan fingerprint density at radius 3 is 2.10 bits per heavy atom. The first-order valence-corrected chi connectivity index (χ1v) is 12.7. The fraction of sp³-hybridized carbons (Fsp3) is 0.379. The largest absolute Gasteiger partial charge is 0.478 e. The van der Waals surface area contributed by atoms with Crippen LogP contribution in [0.2, 0.25) is 0 Å². The predicted molar refractivity (Wildman–Crippen MR) is 146 cm³/mol. The maximum Gasteiger partial charge on any atom is 0.408 e. The highest BCUT2D eigenvalue weighted by Crippen LogP contribution is 2.09. The summed E-state index contributed by atoms with van der Waals surface area (Å²) in [6, 6.07) is 16.9. The minimum atomic E-state index is -1.14. The minimum Gasteiger partial charge on any atom is -0.478 e. The molecule has 10 heteroatoms. The number of carboxylic acids is 1. The van der Waals surface area contributed by atoms with E-state index in [0.29, 0.717) is 12.8 Å². The third kappa shape index (κ3) is 13.7. The molecular formula is C29H37N3O7. The van der Waals surface area contributed by atoms with Gasteiger partial charge in [0.1, 0.15) is 18.2 Å². The Balaban J connectivity index is 1.99. The van der Waals surface area contributed by atoms with E-state index in [9.17, 15) is 19.2 Å². The highest BCUT2D eigenvalue weighted by Gasteiger charge is 2.25. The number of hydrogen-bond acceptors (Lipinski definition) is 6. The molecule has 0 aliphatic heterocycles. The average Bonchev–Trinajstić information content (AvgIpc) is 2.88. The lowest BCUT2D eigenvalue weighted by atomic mass is 10.0. The topological polar surface area (TPSA) is 143 Å². The Labute approximate surface area is 228 Å². The summed E-state index contributed by atoms with van der Waals surface area (Å²) in [5.41, 5.74) is 0.982. The average molecular weight is 540 g/mol. The zero-order chi connectivity index (χ0) is 28.7. The number of aliphatic carboxylic acids is 1. The third-order valence-corrected chi connectivity index (χ3v) is 5.26. The monoisotopic (exact) mass is 539 g/mol. The molecule has 0 radical (unpaired) electrons. The van der Waals surface area contributed by atoms with Crippen molar-refractivity contribution in [1.29, 1.82) is 0 Å². The molecule has 0 saturated heterocycles. The van der Waals surface area contributed by atoms with Gasteiger partial charge in [-0.25, -0.2) is 14.4 Å². The summed E-state index contributed by atoms with van der Waals surface area (Å²) >= 11 is 0. The molecule has 4 N–H and O–H groups in total. The van der Waals surface area contributed by atoms with Gasteiger partial charge in [0.15, 0.2) is 0 Å². The summed E-state index contributed by atoms with van der Waals surface area (Å²) in [4.78, 5) is 48.7. The molecule has 2 rings (SSSR count). The number of alkyl carbamates (subject to hydrolysis) is 2. The smallest absolute Gasteiger partial charge is 0.408 e. The van der Waals surface area contributed by atoms with E-state index in [2.05, 4.69) is 16.0 Å². The maximum atomic E-state index is 13.2. The lowest BCUT2D eigenvalue weighted by molar-refractivity contribution is -0.131. The van der Waals surface area contributed by atoms with Gasteiger partial charge in [0.05, 0.1) is 6.04 Å². The summed E-state index contributed by atoms with van der Waals surface area (Å²) in [5, 5.41) is 17.1. The van der Waals surface area contributed by atoms with Gasteiger partial charge in [-0.05, 0) is 51.2 Å². The number of benzene rings is 2. The molecule has 2 aromatic rings. The van der Waals surface area contributed by atoms with Gasteiger partial charge in [-0.1, -0.05) is 66.7 Å². The van der Waals surface area contributed by atoms with Crippen molar-refractivity contribution >= 4 is 24.1 Å².